The number of hydrogen-bond donors (Lipinski definition) is 3. The number of urea groups is 1. The molecule has 2 amide bonds. The van der Waals surface area contributed by atoms with Crippen molar-refractivity contribution in [2.75, 3.05) is 13.2 Å². The molecule has 21 heavy (non-hydrogen) atoms. The molecular weight excluding hydrogens is 268 g/mol. The number of amides is 2. The summed E-state index contributed by atoms with van der Waals surface area (Å²) in [4.78, 5) is 11.7. The zero-order valence-electron chi connectivity index (χ0n) is 12.5. The van der Waals surface area contributed by atoms with Gasteiger partial charge in [0.1, 0.15) is 5.75 Å². The Kier molecular flexibility index (Phi) is 5.87. The minimum Gasteiger partial charge on any atom is -0.508 e. The zero-order chi connectivity index (χ0) is 15.1. The van der Waals surface area contributed by atoms with Crippen LogP contribution in [0.15, 0.2) is 24.3 Å². The number of rotatable bonds is 5. The predicted octanol–water partition coefficient (Wildman–Crippen LogP) is 2.40. The van der Waals surface area contributed by atoms with Crippen LogP contribution in [0.4, 0.5) is 4.79 Å². The van der Waals surface area contributed by atoms with Crippen LogP contribution >= 0.6 is 0 Å². The first-order valence-corrected chi connectivity index (χ1v) is 7.54. The van der Waals surface area contributed by atoms with Gasteiger partial charge in [-0.15, -0.1) is 0 Å². The van der Waals surface area contributed by atoms with Gasteiger partial charge in [-0.25, -0.2) is 4.79 Å². The van der Waals surface area contributed by atoms with Gasteiger partial charge >= 0.3 is 6.03 Å². The van der Waals surface area contributed by atoms with E-state index >= 15 is 0 Å². The van der Waals surface area contributed by atoms with Crippen molar-refractivity contribution in [2.45, 2.75) is 38.8 Å². The van der Waals surface area contributed by atoms with Crippen LogP contribution in [0.2, 0.25) is 0 Å². The monoisotopic (exact) mass is 292 g/mol. The van der Waals surface area contributed by atoms with Crippen LogP contribution in [0.1, 0.15) is 31.7 Å². The maximum atomic E-state index is 11.7. The van der Waals surface area contributed by atoms with Crippen LogP contribution in [0.5, 0.6) is 5.75 Å². The molecular formula is C16H24N2O3. The molecule has 0 unspecified atom stereocenters. The second-order valence-corrected chi connectivity index (χ2v) is 5.64. The maximum Gasteiger partial charge on any atom is 0.315 e. The molecule has 0 saturated carbocycles. The molecule has 0 spiro atoms. The van der Waals surface area contributed by atoms with Crippen molar-refractivity contribution in [1.82, 2.24) is 10.6 Å². The van der Waals surface area contributed by atoms with Gasteiger partial charge in [0.25, 0.3) is 0 Å². The van der Waals surface area contributed by atoms with Gasteiger partial charge in [0.05, 0.1) is 6.10 Å². The third-order valence-electron chi connectivity index (χ3n) is 3.80. The quantitative estimate of drug-likeness (QED) is 0.780. The second-order valence-electron chi connectivity index (χ2n) is 5.64. The Balaban J connectivity index is 1.61. The molecule has 0 aliphatic carbocycles. The Labute approximate surface area is 125 Å². The molecule has 0 bridgehead atoms. The van der Waals surface area contributed by atoms with Crippen LogP contribution in [-0.2, 0) is 11.3 Å². The molecule has 2 atom stereocenters. The smallest absolute Gasteiger partial charge is 0.315 e. The van der Waals surface area contributed by atoms with E-state index in [2.05, 4.69) is 17.6 Å². The van der Waals surface area contributed by atoms with E-state index < -0.39 is 0 Å². The fourth-order valence-electron chi connectivity index (χ4n) is 2.65. The van der Waals surface area contributed by atoms with Gasteiger partial charge in [-0.3, -0.25) is 0 Å². The van der Waals surface area contributed by atoms with E-state index in [-0.39, 0.29) is 11.8 Å². The van der Waals surface area contributed by atoms with Crippen molar-refractivity contribution in [3.8, 4) is 5.75 Å². The van der Waals surface area contributed by atoms with Crippen LogP contribution in [-0.4, -0.2) is 30.4 Å². The molecule has 0 aromatic heterocycles. The Bertz CT molecular complexity index is 465. The molecule has 116 valence electrons. The first kappa shape index (κ1) is 15.6. The molecule has 5 heteroatoms. The fraction of sp³-hybridized carbons (Fsp3) is 0.562. The van der Waals surface area contributed by atoms with E-state index in [0.717, 1.165) is 31.4 Å². The summed E-state index contributed by atoms with van der Waals surface area (Å²) in [6.07, 6.45) is 3.49. The van der Waals surface area contributed by atoms with Crippen LogP contribution in [0.25, 0.3) is 0 Å². The van der Waals surface area contributed by atoms with Crippen molar-refractivity contribution in [3.05, 3.63) is 29.8 Å². The third kappa shape index (κ3) is 5.63. The van der Waals surface area contributed by atoms with E-state index in [9.17, 15) is 9.90 Å². The summed E-state index contributed by atoms with van der Waals surface area (Å²) in [5.41, 5.74) is 0.878. The number of ether oxygens (including phenoxy) is 1. The largest absolute Gasteiger partial charge is 0.508 e. The lowest BCUT2D eigenvalue weighted by Gasteiger charge is -2.27. The van der Waals surface area contributed by atoms with Gasteiger partial charge in [-0.05, 0) is 49.8 Å². The fourth-order valence-corrected chi connectivity index (χ4v) is 2.65. The predicted molar refractivity (Wildman–Crippen MR) is 81.1 cm³/mol. The van der Waals surface area contributed by atoms with Crippen molar-refractivity contribution >= 4 is 6.03 Å². The highest BCUT2D eigenvalue weighted by molar-refractivity contribution is 5.73. The van der Waals surface area contributed by atoms with E-state index in [0.29, 0.717) is 25.1 Å². The second kappa shape index (κ2) is 7.88. The number of phenolic OH excluding ortho intramolecular Hbond substituents is 1. The van der Waals surface area contributed by atoms with E-state index in [1.807, 2.05) is 6.07 Å². The lowest BCUT2D eigenvalue weighted by Crippen LogP contribution is -2.36. The first-order chi connectivity index (χ1) is 10.1. The maximum absolute atomic E-state index is 11.7. The summed E-state index contributed by atoms with van der Waals surface area (Å²) in [5, 5.41) is 15.0. The molecule has 1 aromatic carbocycles. The molecule has 3 N–H and O–H groups in total. The molecule has 1 fully saturated rings. The molecule has 1 aliphatic heterocycles. The Morgan fingerprint density at radius 1 is 1.43 bits per heavy atom. The number of phenols is 1. The number of carbonyl (C=O) groups is 1. The highest BCUT2D eigenvalue weighted by atomic mass is 16.5. The van der Waals surface area contributed by atoms with Gasteiger partial charge < -0.3 is 20.5 Å². The van der Waals surface area contributed by atoms with Gasteiger partial charge in [-0.2, -0.15) is 0 Å². The summed E-state index contributed by atoms with van der Waals surface area (Å²) in [6, 6.07) is 6.71. The molecule has 1 saturated heterocycles. The molecule has 5 nitrogen and oxygen atoms in total. The van der Waals surface area contributed by atoms with Crippen LogP contribution < -0.4 is 10.6 Å². The van der Waals surface area contributed by atoms with Gasteiger partial charge in [0, 0.05) is 19.7 Å². The summed E-state index contributed by atoms with van der Waals surface area (Å²) < 4.78 is 5.51. The first-order valence-electron chi connectivity index (χ1n) is 7.54. The minimum atomic E-state index is -0.168. The molecule has 1 heterocycles. The number of nitrogens with one attached hydrogen (secondary N) is 2. The van der Waals surface area contributed by atoms with Crippen molar-refractivity contribution in [2.24, 2.45) is 5.92 Å². The van der Waals surface area contributed by atoms with Gasteiger partial charge in [0.2, 0.25) is 0 Å². The number of hydrogen-bond acceptors (Lipinski definition) is 3. The lowest BCUT2D eigenvalue weighted by atomic mass is 9.93. The highest BCUT2D eigenvalue weighted by Crippen LogP contribution is 2.22. The van der Waals surface area contributed by atoms with Crippen molar-refractivity contribution < 1.29 is 14.6 Å². The zero-order valence-corrected chi connectivity index (χ0v) is 12.5. The summed E-state index contributed by atoms with van der Waals surface area (Å²) in [5.74, 6) is 0.850. The Hall–Kier alpha value is -1.75. The standard InChI is InChI=1S/C16H24N2O3/c1-12-9-13(6-8-21-12)5-7-17-16(20)18-11-14-3-2-4-15(19)10-14/h2-4,10,12-13,19H,5-9,11H2,1H3,(H2,17,18,20)/t12-,13+/m1/s1. The van der Waals surface area contributed by atoms with Crippen LogP contribution in [0, 0.1) is 5.92 Å². The number of benzene rings is 1. The van der Waals surface area contributed by atoms with E-state index in [1.54, 1.807) is 18.2 Å². The summed E-state index contributed by atoms with van der Waals surface area (Å²) in [7, 11) is 0. The summed E-state index contributed by atoms with van der Waals surface area (Å²) >= 11 is 0. The molecule has 2 rings (SSSR count). The third-order valence-corrected chi connectivity index (χ3v) is 3.80. The van der Waals surface area contributed by atoms with Crippen LogP contribution in [0.3, 0.4) is 0 Å². The van der Waals surface area contributed by atoms with Gasteiger partial charge in [0.15, 0.2) is 0 Å². The average molecular weight is 292 g/mol. The normalized spacial score (nSPS) is 21.8. The van der Waals surface area contributed by atoms with Crippen molar-refractivity contribution in [3.63, 3.8) is 0 Å². The Morgan fingerprint density at radius 3 is 3.05 bits per heavy atom. The number of aromatic hydroxyl groups is 1. The highest BCUT2D eigenvalue weighted by Gasteiger charge is 2.18. The molecule has 1 aliphatic rings. The topological polar surface area (TPSA) is 70.6 Å². The average Bonchev–Trinajstić information content (AvgIpc) is 2.45. The minimum absolute atomic E-state index is 0.168. The number of carbonyl (C=O) groups excluding carboxylic acids is 1. The molecule has 1 aromatic rings. The Morgan fingerprint density at radius 2 is 2.29 bits per heavy atom. The lowest BCUT2D eigenvalue weighted by molar-refractivity contribution is 0.00117. The SMILES string of the molecule is C[C@@H]1C[C@@H](CCNC(=O)NCc2cccc(O)c2)CCO1. The molecule has 0 radical (unpaired) electrons. The van der Waals surface area contributed by atoms with Crippen molar-refractivity contribution in [1.29, 1.82) is 0 Å². The summed E-state index contributed by atoms with van der Waals surface area (Å²) in [6.45, 7) is 4.02. The van der Waals surface area contributed by atoms with E-state index in [1.165, 1.54) is 0 Å². The van der Waals surface area contributed by atoms with Gasteiger partial charge in [-0.1, -0.05) is 12.1 Å². The van der Waals surface area contributed by atoms with E-state index in [4.69, 9.17) is 4.74 Å².